The minimum absolute atomic E-state index is 0.120. The normalized spacial score (nSPS) is 30.6. The van der Waals surface area contributed by atoms with Crippen molar-refractivity contribution in [3.8, 4) is 0 Å². The number of carboxylic acids is 1. The van der Waals surface area contributed by atoms with Crippen LogP contribution in [-0.2, 0) is 9.59 Å². The quantitative estimate of drug-likeness (QED) is 0.615. The van der Waals surface area contributed by atoms with Gasteiger partial charge >= 0.3 is 5.97 Å². The number of allylic oxidation sites excluding steroid dienone is 1. The number of rotatable bonds is 3. The van der Waals surface area contributed by atoms with Crippen LogP contribution in [-0.4, -0.2) is 21.3 Å². The van der Waals surface area contributed by atoms with Crippen molar-refractivity contribution in [3.63, 3.8) is 0 Å². The van der Waals surface area contributed by atoms with Crippen molar-refractivity contribution in [2.24, 2.45) is 11.8 Å². The SMILES string of the molecule is O=C(O)CC1CCCC(C=C2SC(=S)NC2=O)C1. The van der Waals surface area contributed by atoms with E-state index < -0.39 is 5.97 Å². The number of aliphatic carboxylic acids is 1. The Morgan fingerprint density at radius 1 is 1.56 bits per heavy atom. The fraction of sp³-hybridized carbons (Fsp3) is 0.583. The molecule has 6 heteroatoms. The number of hydrogen-bond donors (Lipinski definition) is 2. The number of nitrogens with one attached hydrogen (secondary N) is 1. The summed E-state index contributed by atoms with van der Waals surface area (Å²) in [5, 5.41) is 11.4. The Kier molecular flexibility index (Phi) is 4.40. The average molecular weight is 285 g/mol. The van der Waals surface area contributed by atoms with E-state index in [2.05, 4.69) is 5.32 Å². The van der Waals surface area contributed by atoms with Crippen molar-refractivity contribution in [2.75, 3.05) is 0 Å². The first-order chi connectivity index (χ1) is 8.54. The van der Waals surface area contributed by atoms with Crippen LogP contribution >= 0.6 is 24.0 Å². The van der Waals surface area contributed by atoms with Crippen LogP contribution in [0.15, 0.2) is 11.0 Å². The molecule has 1 aliphatic heterocycles. The van der Waals surface area contributed by atoms with Gasteiger partial charge in [-0.2, -0.15) is 0 Å². The monoisotopic (exact) mass is 285 g/mol. The molecule has 18 heavy (non-hydrogen) atoms. The van der Waals surface area contributed by atoms with E-state index in [9.17, 15) is 9.59 Å². The van der Waals surface area contributed by atoms with Crippen molar-refractivity contribution < 1.29 is 14.7 Å². The molecule has 1 heterocycles. The second-order valence-electron chi connectivity index (χ2n) is 4.77. The van der Waals surface area contributed by atoms with E-state index in [4.69, 9.17) is 17.3 Å². The highest BCUT2D eigenvalue weighted by Gasteiger charge is 2.27. The molecule has 1 amide bonds. The molecule has 0 aromatic carbocycles. The molecule has 4 nitrogen and oxygen atoms in total. The Morgan fingerprint density at radius 3 is 2.94 bits per heavy atom. The van der Waals surface area contributed by atoms with Crippen molar-refractivity contribution >= 4 is 40.2 Å². The highest BCUT2D eigenvalue weighted by molar-refractivity contribution is 8.26. The van der Waals surface area contributed by atoms with Gasteiger partial charge in [-0.1, -0.05) is 36.5 Å². The third-order valence-corrected chi connectivity index (χ3v) is 4.50. The van der Waals surface area contributed by atoms with Gasteiger partial charge in [-0.15, -0.1) is 0 Å². The Morgan fingerprint density at radius 2 is 2.33 bits per heavy atom. The minimum atomic E-state index is -0.734. The van der Waals surface area contributed by atoms with Crippen LogP contribution in [0.1, 0.15) is 32.1 Å². The van der Waals surface area contributed by atoms with E-state index in [1.165, 1.54) is 11.8 Å². The maximum atomic E-state index is 11.5. The summed E-state index contributed by atoms with van der Waals surface area (Å²) < 4.78 is 0.504. The van der Waals surface area contributed by atoms with Gasteiger partial charge in [-0.25, -0.2) is 0 Å². The molecular weight excluding hydrogens is 270 g/mol. The molecule has 2 unspecified atom stereocenters. The zero-order valence-corrected chi connectivity index (χ0v) is 11.5. The van der Waals surface area contributed by atoms with Crippen LogP contribution in [0, 0.1) is 11.8 Å². The first-order valence-corrected chi connectivity index (χ1v) is 7.24. The lowest BCUT2D eigenvalue weighted by molar-refractivity contribution is -0.138. The van der Waals surface area contributed by atoms with Gasteiger partial charge in [0.05, 0.1) is 4.91 Å². The van der Waals surface area contributed by atoms with Gasteiger partial charge in [-0.05, 0) is 31.1 Å². The minimum Gasteiger partial charge on any atom is -0.481 e. The molecule has 0 radical (unpaired) electrons. The highest BCUT2D eigenvalue weighted by Crippen LogP contribution is 2.35. The van der Waals surface area contributed by atoms with Crippen molar-refractivity contribution in [1.29, 1.82) is 0 Å². The van der Waals surface area contributed by atoms with E-state index in [1.54, 1.807) is 0 Å². The molecule has 0 bridgehead atoms. The standard InChI is InChI=1S/C12H15NO3S2/c14-10(15)6-8-3-1-2-7(4-8)5-9-11(16)13-12(17)18-9/h5,7-8H,1-4,6H2,(H,14,15)(H,13,16,17). The molecule has 0 aromatic rings. The predicted octanol–water partition coefficient (Wildman–Crippen LogP) is 2.30. The molecule has 0 spiro atoms. The molecule has 2 aliphatic rings. The van der Waals surface area contributed by atoms with Gasteiger partial charge in [0, 0.05) is 6.42 Å². The molecule has 2 N–H and O–H groups in total. The van der Waals surface area contributed by atoms with Gasteiger partial charge in [0.2, 0.25) is 0 Å². The number of thiocarbonyl (C=S) groups is 1. The predicted molar refractivity (Wildman–Crippen MR) is 74.1 cm³/mol. The van der Waals surface area contributed by atoms with Crippen molar-refractivity contribution in [3.05, 3.63) is 11.0 Å². The lowest BCUT2D eigenvalue weighted by atomic mass is 9.80. The number of thioether (sulfide) groups is 1. The molecular formula is C12H15NO3S2. The topological polar surface area (TPSA) is 66.4 Å². The van der Waals surface area contributed by atoms with Gasteiger partial charge in [-0.3, -0.25) is 9.59 Å². The van der Waals surface area contributed by atoms with Gasteiger partial charge < -0.3 is 10.4 Å². The van der Waals surface area contributed by atoms with Crippen molar-refractivity contribution in [2.45, 2.75) is 32.1 Å². The largest absolute Gasteiger partial charge is 0.481 e. The lowest BCUT2D eigenvalue weighted by Crippen LogP contribution is -2.19. The number of hydrogen-bond acceptors (Lipinski definition) is 4. The molecule has 2 atom stereocenters. The van der Waals surface area contributed by atoms with Crippen LogP contribution in [0.4, 0.5) is 0 Å². The number of amides is 1. The van der Waals surface area contributed by atoms with Gasteiger partial charge in [0.15, 0.2) is 0 Å². The fourth-order valence-corrected chi connectivity index (χ4v) is 3.68. The summed E-state index contributed by atoms with van der Waals surface area (Å²) >= 11 is 6.23. The molecule has 1 aliphatic carbocycles. The molecule has 1 saturated carbocycles. The summed E-state index contributed by atoms with van der Waals surface area (Å²) in [6.07, 6.45) is 6.09. The van der Waals surface area contributed by atoms with Gasteiger partial charge in [0.1, 0.15) is 4.32 Å². The summed E-state index contributed by atoms with van der Waals surface area (Å²) in [5.41, 5.74) is 0. The summed E-state index contributed by atoms with van der Waals surface area (Å²) in [6.45, 7) is 0. The number of carbonyl (C=O) groups is 2. The first-order valence-electron chi connectivity index (χ1n) is 6.01. The second-order valence-corrected chi connectivity index (χ2v) is 6.48. The zero-order chi connectivity index (χ0) is 13.1. The summed E-state index contributed by atoms with van der Waals surface area (Å²) in [5.74, 6) is -0.315. The smallest absolute Gasteiger partial charge is 0.303 e. The van der Waals surface area contributed by atoms with Crippen LogP contribution in [0.5, 0.6) is 0 Å². The Balaban J connectivity index is 1.97. The van der Waals surface area contributed by atoms with Crippen LogP contribution < -0.4 is 5.32 Å². The third-order valence-electron chi connectivity index (χ3n) is 3.32. The summed E-state index contributed by atoms with van der Waals surface area (Å²) in [6, 6.07) is 0. The van der Waals surface area contributed by atoms with E-state index in [-0.39, 0.29) is 18.2 Å². The maximum Gasteiger partial charge on any atom is 0.303 e. The Bertz CT molecular complexity index is 420. The fourth-order valence-electron chi connectivity index (χ4n) is 2.57. The Hall–Kier alpha value is -0.880. The highest BCUT2D eigenvalue weighted by atomic mass is 32.2. The van der Waals surface area contributed by atoms with E-state index in [0.29, 0.717) is 15.1 Å². The van der Waals surface area contributed by atoms with E-state index in [0.717, 1.165) is 25.7 Å². The zero-order valence-electron chi connectivity index (χ0n) is 9.85. The molecule has 98 valence electrons. The van der Waals surface area contributed by atoms with Crippen LogP contribution in [0.2, 0.25) is 0 Å². The summed E-state index contributed by atoms with van der Waals surface area (Å²) in [7, 11) is 0. The molecule has 1 saturated heterocycles. The number of carbonyl (C=O) groups excluding carboxylic acids is 1. The van der Waals surface area contributed by atoms with Gasteiger partial charge in [0.25, 0.3) is 5.91 Å². The average Bonchev–Trinajstić information content (AvgIpc) is 2.57. The van der Waals surface area contributed by atoms with Crippen molar-refractivity contribution in [1.82, 2.24) is 5.32 Å². The summed E-state index contributed by atoms with van der Waals surface area (Å²) in [4.78, 5) is 22.9. The lowest BCUT2D eigenvalue weighted by Gasteiger charge is -2.26. The number of carboxylic acid groups (broad SMARTS) is 1. The van der Waals surface area contributed by atoms with Crippen LogP contribution in [0.3, 0.4) is 0 Å². The van der Waals surface area contributed by atoms with E-state index in [1.807, 2.05) is 6.08 Å². The maximum absolute atomic E-state index is 11.5. The molecule has 0 aromatic heterocycles. The van der Waals surface area contributed by atoms with Crippen LogP contribution in [0.25, 0.3) is 0 Å². The Labute approximate surface area is 115 Å². The first kappa shape index (κ1) is 13.5. The third kappa shape index (κ3) is 3.55. The molecule has 2 fully saturated rings. The molecule has 2 rings (SSSR count). The second kappa shape index (κ2) is 5.84. The van der Waals surface area contributed by atoms with E-state index >= 15 is 0 Å².